The molecule has 0 aromatic heterocycles. The molecule has 1 aromatic rings. The summed E-state index contributed by atoms with van der Waals surface area (Å²) < 4.78 is 50.5. The molecule has 0 amide bonds. The van der Waals surface area contributed by atoms with Crippen LogP contribution in [0.25, 0.3) is 0 Å². The fourth-order valence-corrected chi connectivity index (χ4v) is 1.69. The van der Waals surface area contributed by atoms with Gasteiger partial charge in [0.25, 0.3) is 5.69 Å². The zero-order valence-electron chi connectivity index (χ0n) is 10.0. The molecule has 1 aromatic carbocycles. The van der Waals surface area contributed by atoms with Crippen molar-refractivity contribution in [2.24, 2.45) is 0 Å². The lowest BCUT2D eigenvalue weighted by atomic mass is 10.2. The van der Waals surface area contributed by atoms with Crippen LogP contribution in [0.2, 0.25) is 5.02 Å². The van der Waals surface area contributed by atoms with E-state index in [4.69, 9.17) is 16.7 Å². The molecular formula is C10H7ClF4N2O4. The number of carbonyl (C=O) groups is 1. The molecule has 6 nitrogen and oxygen atoms in total. The minimum Gasteiger partial charge on any atom is -0.480 e. The smallest absolute Gasteiger partial charge is 0.405 e. The van der Waals surface area contributed by atoms with Crippen molar-refractivity contribution < 1.29 is 32.4 Å². The van der Waals surface area contributed by atoms with Gasteiger partial charge < -0.3 is 10.0 Å². The molecule has 0 aliphatic rings. The average molecular weight is 331 g/mol. The van der Waals surface area contributed by atoms with Crippen molar-refractivity contribution in [3.63, 3.8) is 0 Å². The number of alkyl halides is 3. The molecule has 116 valence electrons. The molecular weight excluding hydrogens is 324 g/mol. The molecule has 0 aliphatic carbocycles. The number of aliphatic carboxylic acids is 1. The van der Waals surface area contributed by atoms with E-state index in [1.54, 1.807) is 0 Å². The van der Waals surface area contributed by atoms with E-state index in [-0.39, 0.29) is 4.90 Å². The lowest BCUT2D eigenvalue weighted by Crippen LogP contribution is -2.38. The molecule has 0 heterocycles. The van der Waals surface area contributed by atoms with Gasteiger partial charge in [-0.2, -0.15) is 13.2 Å². The summed E-state index contributed by atoms with van der Waals surface area (Å²) in [6, 6.07) is 0.923. The quantitative estimate of drug-likeness (QED) is 0.510. The highest BCUT2D eigenvalue weighted by atomic mass is 35.5. The van der Waals surface area contributed by atoms with Crippen LogP contribution in [0.15, 0.2) is 12.1 Å². The Balaban J connectivity index is 3.38. The van der Waals surface area contributed by atoms with Gasteiger partial charge in [-0.1, -0.05) is 11.6 Å². The number of rotatable bonds is 5. The number of benzene rings is 1. The lowest BCUT2D eigenvalue weighted by Gasteiger charge is -2.24. The average Bonchev–Trinajstić information content (AvgIpc) is 2.28. The van der Waals surface area contributed by atoms with Crippen LogP contribution in [-0.2, 0) is 4.79 Å². The minimum absolute atomic E-state index is 0.186. The van der Waals surface area contributed by atoms with Crippen LogP contribution < -0.4 is 4.90 Å². The fourth-order valence-electron chi connectivity index (χ4n) is 1.53. The van der Waals surface area contributed by atoms with E-state index in [9.17, 15) is 32.5 Å². The standard InChI is InChI=1S/C10H7ClF4N2O4/c11-5-1-7(8(17(20)21)2-6(5)12)16(3-9(18)19)4-10(13,14)15/h1-2H,3-4H2,(H,18,19). The Labute approximate surface area is 119 Å². The van der Waals surface area contributed by atoms with Crippen LogP contribution in [0.5, 0.6) is 0 Å². The summed E-state index contributed by atoms with van der Waals surface area (Å²) in [6.45, 7) is -2.93. The largest absolute Gasteiger partial charge is 0.480 e. The normalized spacial score (nSPS) is 11.3. The van der Waals surface area contributed by atoms with Gasteiger partial charge in [0.2, 0.25) is 0 Å². The number of carboxylic acid groups (broad SMARTS) is 1. The Bertz CT molecular complexity index is 579. The van der Waals surface area contributed by atoms with Gasteiger partial charge in [0, 0.05) is 0 Å². The van der Waals surface area contributed by atoms with Gasteiger partial charge in [0.05, 0.1) is 16.0 Å². The van der Waals surface area contributed by atoms with E-state index in [0.717, 1.165) is 0 Å². The Morgan fingerprint density at radius 1 is 1.43 bits per heavy atom. The predicted octanol–water partition coefficient (Wildman–Crippen LogP) is 2.84. The fraction of sp³-hybridized carbons (Fsp3) is 0.300. The maximum Gasteiger partial charge on any atom is 0.405 e. The molecule has 21 heavy (non-hydrogen) atoms. The monoisotopic (exact) mass is 330 g/mol. The van der Waals surface area contributed by atoms with E-state index in [0.29, 0.717) is 12.1 Å². The third kappa shape index (κ3) is 4.74. The lowest BCUT2D eigenvalue weighted by molar-refractivity contribution is -0.384. The van der Waals surface area contributed by atoms with Crippen LogP contribution in [-0.4, -0.2) is 35.3 Å². The maximum absolute atomic E-state index is 13.2. The molecule has 0 unspecified atom stereocenters. The molecule has 0 bridgehead atoms. The van der Waals surface area contributed by atoms with Gasteiger partial charge in [-0.05, 0) is 6.07 Å². The van der Waals surface area contributed by atoms with E-state index >= 15 is 0 Å². The third-order valence-electron chi connectivity index (χ3n) is 2.25. The van der Waals surface area contributed by atoms with Crippen LogP contribution >= 0.6 is 11.6 Å². The van der Waals surface area contributed by atoms with Crippen molar-refractivity contribution in [1.82, 2.24) is 0 Å². The summed E-state index contributed by atoms with van der Waals surface area (Å²) in [4.78, 5) is 20.5. The Kier molecular flexibility index (Phi) is 4.94. The first kappa shape index (κ1) is 17.0. The van der Waals surface area contributed by atoms with Crippen LogP contribution in [0.1, 0.15) is 0 Å². The zero-order chi connectivity index (χ0) is 16.4. The summed E-state index contributed by atoms with van der Waals surface area (Å²) in [5, 5.41) is 18.7. The zero-order valence-corrected chi connectivity index (χ0v) is 10.8. The number of nitro groups is 1. The first-order chi connectivity index (χ1) is 9.51. The summed E-state index contributed by atoms with van der Waals surface area (Å²) in [5.74, 6) is -2.84. The molecule has 11 heteroatoms. The summed E-state index contributed by atoms with van der Waals surface area (Å²) >= 11 is 5.39. The molecule has 0 radical (unpaired) electrons. The second-order valence-electron chi connectivity index (χ2n) is 3.88. The SMILES string of the molecule is O=C(O)CN(CC(F)(F)F)c1cc(Cl)c(F)cc1[N+](=O)[O-]. The maximum atomic E-state index is 13.2. The Morgan fingerprint density at radius 3 is 2.43 bits per heavy atom. The van der Waals surface area contributed by atoms with Gasteiger partial charge in [-0.25, -0.2) is 4.39 Å². The second-order valence-corrected chi connectivity index (χ2v) is 4.28. The molecule has 0 saturated heterocycles. The molecule has 1 N–H and O–H groups in total. The minimum atomic E-state index is -4.82. The van der Waals surface area contributed by atoms with Crippen molar-refractivity contribution in [3.8, 4) is 0 Å². The molecule has 0 aliphatic heterocycles. The number of nitro benzene ring substituents is 1. The summed E-state index contributed by atoms with van der Waals surface area (Å²) in [6.07, 6.45) is -4.82. The Hall–Kier alpha value is -2.10. The first-order valence-corrected chi connectivity index (χ1v) is 5.56. The van der Waals surface area contributed by atoms with Crippen molar-refractivity contribution in [2.45, 2.75) is 6.18 Å². The Morgan fingerprint density at radius 2 is 2.00 bits per heavy atom. The highest BCUT2D eigenvalue weighted by Crippen LogP contribution is 2.34. The predicted molar refractivity (Wildman–Crippen MR) is 64.0 cm³/mol. The van der Waals surface area contributed by atoms with Crippen molar-refractivity contribution >= 4 is 28.9 Å². The third-order valence-corrected chi connectivity index (χ3v) is 2.54. The van der Waals surface area contributed by atoms with Gasteiger partial charge in [-0.3, -0.25) is 14.9 Å². The molecule has 1 rings (SSSR count). The van der Waals surface area contributed by atoms with Crippen molar-refractivity contribution in [2.75, 3.05) is 18.0 Å². The van der Waals surface area contributed by atoms with Crippen molar-refractivity contribution in [3.05, 3.63) is 33.1 Å². The van der Waals surface area contributed by atoms with Gasteiger partial charge >= 0.3 is 12.1 Å². The van der Waals surface area contributed by atoms with E-state index in [2.05, 4.69) is 0 Å². The summed E-state index contributed by atoms with van der Waals surface area (Å²) in [7, 11) is 0. The van der Waals surface area contributed by atoms with Gasteiger partial charge in [0.1, 0.15) is 24.6 Å². The number of nitrogens with zero attached hydrogens (tertiary/aromatic N) is 2. The number of hydrogen-bond acceptors (Lipinski definition) is 4. The number of halogens is 5. The molecule has 0 saturated carbocycles. The van der Waals surface area contributed by atoms with E-state index in [1.165, 1.54) is 0 Å². The number of anilines is 1. The van der Waals surface area contributed by atoms with Crippen LogP contribution in [0.3, 0.4) is 0 Å². The number of hydrogen-bond donors (Lipinski definition) is 1. The summed E-state index contributed by atoms with van der Waals surface area (Å²) in [5.41, 5.74) is -1.74. The highest BCUT2D eigenvalue weighted by Gasteiger charge is 2.34. The van der Waals surface area contributed by atoms with E-state index in [1.807, 2.05) is 0 Å². The first-order valence-electron chi connectivity index (χ1n) is 5.18. The highest BCUT2D eigenvalue weighted by molar-refractivity contribution is 6.31. The second kappa shape index (κ2) is 6.12. The molecule has 0 atom stereocenters. The van der Waals surface area contributed by atoms with Crippen LogP contribution in [0, 0.1) is 15.9 Å². The number of carboxylic acids is 1. The topological polar surface area (TPSA) is 83.7 Å². The molecule has 0 fully saturated rings. The van der Waals surface area contributed by atoms with Crippen molar-refractivity contribution in [1.29, 1.82) is 0 Å². The van der Waals surface area contributed by atoms with Gasteiger partial charge in [-0.15, -0.1) is 0 Å². The van der Waals surface area contributed by atoms with Crippen LogP contribution in [0.4, 0.5) is 28.9 Å². The van der Waals surface area contributed by atoms with E-state index < -0.39 is 52.4 Å². The van der Waals surface area contributed by atoms with Gasteiger partial charge in [0.15, 0.2) is 0 Å². The molecule has 0 spiro atoms.